The van der Waals surface area contributed by atoms with Crippen LogP contribution in [0.4, 0.5) is 5.69 Å². The number of benzene rings is 2. The lowest BCUT2D eigenvalue weighted by Gasteiger charge is -1.97. The molecule has 0 saturated heterocycles. The smallest absolute Gasteiger partial charge is 0.0314 e. The number of hydrogen-bond acceptors (Lipinski definition) is 1. The zero-order valence-electron chi connectivity index (χ0n) is 12.1. The second-order valence-electron chi connectivity index (χ2n) is 4.73. The van der Waals surface area contributed by atoms with E-state index < -0.39 is 0 Å². The maximum atomic E-state index is 5.52. The van der Waals surface area contributed by atoms with E-state index in [9.17, 15) is 0 Å². The molecule has 2 rings (SSSR count). The molecule has 0 atom stereocenters. The molecule has 1 heteroatoms. The fraction of sp³-hybridized carbons (Fsp3) is 0.333. The molecule has 102 valence electrons. The Bertz CT molecular complexity index is 431. The van der Waals surface area contributed by atoms with Gasteiger partial charge in [0.25, 0.3) is 0 Å². The van der Waals surface area contributed by atoms with Gasteiger partial charge in [-0.3, -0.25) is 0 Å². The molecule has 19 heavy (non-hydrogen) atoms. The zero-order chi connectivity index (χ0) is 13.9. The summed E-state index contributed by atoms with van der Waals surface area (Å²) in [5, 5.41) is 0. The Balaban J connectivity index is 0.000000191. The first-order valence-electron chi connectivity index (χ1n) is 7.14. The first-order chi connectivity index (χ1) is 9.26. The second-order valence-corrected chi connectivity index (χ2v) is 4.73. The summed E-state index contributed by atoms with van der Waals surface area (Å²) >= 11 is 0. The highest BCUT2D eigenvalue weighted by atomic mass is 14.5. The molecule has 0 aliphatic carbocycles. The lowest BCUT2D eigenvalue weighted by Crippen LogP contribution is -1.86. The van der Waals surface area contributed by atoms with Crippen molar-refractivity contribution < 1.29 is 0 Å². The van der Waals surface area contributed by atoms with E-state index in [-0.39, 0.29) is 0 Å². The van der Waals surface area contributed by atoms with Gasteiger partial charge in [-0.15, -0.1) is 0 Å². The molecule has 0 amide bonds. The van der Waals surface area contributed by atoms with E-state index in [2.05, 4.69) is 56.3 Å². The van der Waals surface area contributed by atoms with Gasteiger partial charge in [-0.05, 0) is 36.1 Å². The normalized spacial score (nSPS) is 9.58. The van der Waals surface area contributed by atoms with Gasteiger partial charge in [0.2, 0.25) is 0 Å². The predicted octanol–water partition coefficient (Wildman–Crippen LogP) is 4.86. The summed E-state index contributed by atoms with van der Waals surface area (Å²) in [6.07, 6.45) is 4.80. The molecule has 2 aromatic rings. The average Bonchev–Trinajstić information content (AvgIpc) is 2.44. The highest BCUT2D eigenvalue weighted by Crippen LogP contribution is 2.06. The van der Waals surface area contributed by atoms with Crippen molar-refractivity contribution in [3.8, 4) is 0 Å². The van der Waals surface area contributed by atoms with E-state index >= 15 is 0 Å². The molecule has 0 heterocycles. The van der Waals surface area contributed by atoms with E-state index in [1.165, 1.54) is 30.4 Å². The Morgan fingerprint density at radius 3 is 1.63 bits per heavy atom. The Morgan fingerprint density at radius 2 is 1.16 bits per heavy atom. The zero-order valence-corrected chi connectivity index (χ0v) is 12.1. The topological polar surface area (TPSA) is 26.0 Å². The number of aryl methyl sites for hydroxylation is 2. The molecule has 0 aliphatic heterocycles. The van der Waals surface area contributed by atoms with Crippen LogP contribution in [-0.2, 0) is 12.8 Å². The van der Waals surface area contributed by atoms with E-state index in [4.69, 9.17) is 5.73 Å². The molecular weight excluding hydrogens is 230 g/mol. The van der Waals surface area contributed by atoms with Crippen LogP contribution < -0.4 is 5.73 Å². The van der Waals surface area contributed by atoms with Gasteiger partial charge in [0.05, 0.1) is 0 Å². The molecule has 0 radical (unpaired) electrons. The van der Waals surface area contributed by atoms with Crippen molar-refractivity contribution >= 4 is 5.69 Å². The second kappa shape index (κ2) is 9.21. The van der Waals surface area contributed by atoms with Crippen LogP contribution in [0.2, 0.25) is 0 Å². The standard InChI is InChI=1S/C9H13N.C9H12/c1-2-3-8-4-6-9(10)7-5-8;1-2-6-9-7-4-3-5-8-9/h4-7H,2-3,10H2,1H3;3-5,7-8H,2,6H2,1H3. The average molecular weight is 255 g/mol. The molecular formula is C18H25N. The highest BCUT2D eigenvalue weighted by Gasteiger charge is 1.88. The summed E-state index contributed by atoms with van der Waals surface area (Å²) in [6, 6.07) is 18.6. The molecule has 0 bridgehead atoms. The molecule has 0 aliphatic rings. The van der Waals surface area contributed by atoms with Crippen LogP contribution in [0, 0.1) is 0 Å². The van der Waals surface area contributed by atoms with Gasteiger partial charge in [0, 0.05) is 5.69 Å². The van der Waals surface area contributed by atoms with Crippen LogP contribution in [0.1, 0.15) is 37.8 Å². The molecule has 0 fully saturated rings. The van der Waals surface area contributed by atoms with Gasteiger partial charge < -0.3 is 5.73 Å². The quantitative estimate of drug-likeness (QED) is 0.776. The predicted molar refractivity (Wildman–Crippen MR) is 85.3 cm³/mol. The van der Waals surface area contributed by atoms with E-state index in [1.807, 2.05) is 12.1 Å². The van der Waals surface area contributed by atoms with Crippen LogP contribution in [0.15, 0.2) is 54.6 Å². The number of nitrogens with two attached hydrogens (primary N) is 1. The molecule has 2 aromatic carbocycles. The fourth-order valence-electron chi connectivity index (χ4n) is 1.91. The summed E-state index contributed by atoms with van der Waals surface area (Å²) in [6.45, 7) is 4.38. The SMILES string of the molecule is CCCc1ccc(N)cc1.CCCc1ccccc1. The molecule has 0 aromatic heterocycles. The van der Waals surface area contributed by atoms with Gasteiger partial charge in [-0.2, -0.15) is 0 Å². The molecule has 1 nitrogen and oxygen atoms in total. The van der Waals surface area contributed by atoms with Gasteiger partial charge >= 0.3 is 0 Å². The van der Waals surface area contributed by atoms with Crippen molar-refractivity contribution in [3.05, 3.63) is 65.7 Å². The van der Waals surface area contributed by atoms with Gasteiger partial charge in [-0.25, -0.2) is 0 Å². The molecule has 0 unspecified atom stereocenters. The third-order valence-electron chi connectivity index (χ3n) is 2.90. The highest BCUT2D eigenvalue weighted by molar-refractivity contribution is 5.39. The third-order valence-corrected chi connectivity index (χ3v) is 2.90. The Hall–Kier alpha value is -1.76. The summed E-state index contributed by atoms with van der Waals surface area (Å²) in [5.74, 6) is 0. The van der Waals surface area contributed by atoms with Crippen LogP contribution in [0.3, 0.4) is 0 Å². The third kappa shape index (κ3) is 6.66. The number of nitrogen functional groups attached to an aromatic ring is 1. The van der Waals surface area contributed by atoms with Crippen LogP contribution >= 0.6 is 0 Å². The Morgan fingerprint density at radius 1 is 0.684 bits per heavy atom. The summed E-state index contributed by atoms with van der Waals surface area (Å²) in [4.78, 5) is 0. The lowest BCUT2D eigenvalue weighted by molar-refractivity contribution is 0.922. The Labute approximate surface area is 117 Å². The van der Waals surface area contributed by atoms with E-state index in [1.54, 1.807) is 0 Å². The summed E-state index contributed by atoms with van der Waals surface area (Å²) < 4.78 is 0. The van der Waals surface area contributed by atoms with Crippen molar-refractivity contribution in [1.82, 2.24) is 0 Å². The lowest BCUT2D eigenvalue weighted by atomic mass is 10.1. The van der Waals surface area contributed by atoms with Crippen molar-refractivity contribution in [2.75, 3.05) is 5.73 Å². The first-order valence-corrected chi connectivity index (χ1v) is 7.14. The molecule has 0 spiro atoms. The van der Waals surface area contributed by atoms with Crippen molar-refractivity contribution in [1.29, 1.82) is 0 Å². The van der Waals surface area contributed by atoms with Crippen molar-refractivity contribution in [2.45, 2.75) is 39.5 Å². The summed E-state index contributed by atoms with van der Waals surface area (Å²) in [7, 11) is 0. The number of hydrogen-bond donors (Lipinski definition) is 1. The largest absolute Gasteiger partial charge is 0.399 e. The summed E-state index contributed by atoms with van der Waals surface area (Å²) in [5.41, 5.74) is 9.19. The van der Waals surface area contributed by atoms with E-state index in [0.717, 1.165) is 12.1 Å². The van der Waals surface area contributed by atoms with Crippen molar-refractivity contribution in [3.63, 3.8) is 0 Å². The van der Waals surface area contributed by atoms with Gasteiger partial charge in [0.15, 0.2) is 0 Å². The minimum Gasteiger partial charge on any atom is -0.399 e. The van der Waals surface area contributed by atoms with Gasteiger partial charge in [0.1, 0.15) is 0 Å². The van der Waals surface area contributed by atoms with Crippen molar-refractivity contribution in [2.24, 2.45) is 0 Å². The van der Waals surface area contributed by atoms with Crippen LogP contribution in [-0.4, -0.2) is 0 Å². The first kappa shape index (κ1) is 15.3. The van der Waals surface area contributed by atoms with Crippen LogP contribution in [0.5, 0.6) is 0 Å². The number of anilines is 1. The molecule has 2 N–H and O–H groups in total. The minimum absolute atomic E-state index is 0.847. The minimum atomic E-state index is 0.847. The monoisotopic (exact) mass is 255 g/mol. The Kier molecular flexibility index (Phi) is 7.41. The van der Waals surface area contributed by atoms with E-state index in [0.29, 0.717) is 0 Å². The fourth-order valence-corrected chi connectivity index (χ4v) is 1.91. The van der Waals surface area contributed by atoms with Gasteiger partial charge in [-0.1, -0.05) is 69.2 Å². The maximum Gasteiger partial charge on any atom is 0.0314 e. The maximum absolute atomic E-state index is 5.52. The molecule has 0 saturated carbocycles. The van der Waals surface area contributed by atoms with Crippen LogP contribution in [0.25, 0.3) is 0 Å². The number of rotatable bonds is 4.